The summed E-state index contributed by atoms with van der Waals surface area (Å²) in [5, 5.41) is 0.453. The highest BCUT2D eigenvalue weighted by atomic mass is 16.2. The molecule has 0 aliphatic heterocycles. The lowest BCUT2D eigenvalue weighted by Crippen LogP contribution is -2.33. The fourth-order valence-electron chi connectivity index (χ4n) is 2.99. The fourth-order valence-corrected chi connectivity index (χ4v) is 2.99. The minimum Gasteiger partial charge on any atom is -0.345 e. The lowest BCUT2D eigenvalue weighted by atomic mass is 10.1. The normalized spacial score (nSPS) is 10.9. The average molecular weight is 365 g/mol. The quantitative estimate of drug-likeness (QED) is 0.729. The molecule has 0 aliphatic rings. The molecule has 0 spiro atoms. The van der Waals surface area contributed by atoms with E-state index in [2.05, 4.69) is 11.9 Å². The Labute approximate surface area is 157 Å². The Balaban J connectivity index is 1.86. The summed E-state index contributed by atoms with van der Waals surface area (Å²) in [7, 11) is 1.81. The van der Waals surface area contributed by atoms with Crippen LogP contribution >= 0.6 is 0 Å². The zero-order chi connectivity index (χ0) is 19.4. The standard InChI is InChI=1S/C21H23N3O3/c1-3-4-13-23(2)19(25)14-15-9-11-16(12-10-15)24-20(26)17-7-5-6-8-18(17)22-21(24)27/h5-12H,3-4,13-14H2,1-2H3,(H,22,27). The van der Waals surface area contributed by atoms with Crippen molar-refractivity contribution in [3.63, 3.8) is 0 Å². The summed E-state index contributed by atoms with van der Waals surface area (Å²) in [6.07, 6.45) is 2.32. The van der Waals surface area contributed by atoms with E-state index in [4.69, 9.17) is 0 Å². The largest absolute Gasteiger partial charge is 0.345 e. The maximum Gasteiger partial charge on any atom is 0.333 e. The Morgan fingerprint density at radius 2 is 1.78 bits per heavy atom. The highest BCUT2D eigenvalue weighted by Crippen LogP contribution is 2.10. The molecule has 1 N–H and O–H groups in total. The maximum absolute atomic E-state index is 12.7. The van der Waals surface area contributed by atoms with Crippen LogP contribution in [-0.2, 0) is 11.2 Å². The molecule has 140 valence electrons. The molecule has 1 heterocycles. The summed E-state index contributed by atoms with van der Waals surface area (Å²) < 4.78 is 1.11. The first-order chi connectivity index (χ1) is 13.0. The molecule has 0 atom stereocenters. The number of likely N-dealkylation sites (N-methyl/N-ethyl adjacent to an activating group) is 1. The van der Waals surface area contributed by atoms with Gasteiger partial charge in [0.2, 0.25) is 5.91 Å². The molecule has 27 heavy (non-hydrogen) atoms. The van der Waals surface area contributed by atoms with Crippen LogP contribution in [0, 0.1) is 0 Å². The second-order valence-electron chi connectivity index (χ2n) is 6.63. The summed E-state index contributed by atoms with van der Waals surface area (Å²) in [4.78, 5) is 41.7. The molecule has 2 aromatic carbocycles. The van der Waals surface area contributed by atoms with Crippen LogP contribution < -0.4 is 11.2 Å². The Kier molecular flexibility index (Phi) is 5.54. The van der Waals surface area contributed by atoms with Gasteiger partial charge in [-0.3, -0.25) is 9.59 Å². The second-order valence-corrected chi connectivity index (χ2v) is 6.63. The van der Waals surface area contributed by atoms with Crippen molar-refractivity contribution in [2.75, 3.05) is 13.6 Å². The maximum atomic E-state index is 12.7. The minimum atomic E-state index is -0.484. The van der Waals surface area contributed by atoms with Crippen LogP contribution in [0.5, 0.6) is 0 Å². The zero-order valence-electron chi connectivity index (χ0n) is 15.6. The Morgan fingerprint density at radius 1 is 1.07 bits per heavy atom. The van der Waals surface area contributed by atoms with Gasteiger partial charge in [0, 0.05) is 13.6 Å². The number of rotatable bonds is 6. The van der Waals surface area contributed by atoms with Gasteiger partial charge in [-0.25, -0.2) is 9.36 Å². The number of nitrogens with zero attached hydrogens (tertiary/aromatic N) is 2. The van der Waals surface area contributed by atoms with Crippen LogP contribution in [0.15, 0.2) is 58.1 Å². The minimum absolute atomic E-state index is 0.0527. The average Bonchev–Trinajstić information content (AvgIpc) is 2.67. The van der Waals surface area contributed by atoms with Gasteiger partial charge in [-0.05, 0) is 36.2 Å². The molecule has 0 fully saturated rings. The van der Waals surface area contributed by atoms with Crippen molar-refractivity contribution in [1.82, 2.24) is 14.5 Å². The molecule has 6 heteroatoms. The first-order valence-electron chi connectivity index (χ1n) is 9.08. The number of carbonyl (C=O) groups is 1. The van der Waals surface area contributed by atoms with E-state index in [0.717, 1.165) is 29.5 Å². The SMILES string of the molecule is CCCCN(C)C(=O)Cc1ccc(-n2c(=O)[nH]c3ccccc3c2=O)cc1. The molecule has 3 rings (SSSR count). The number of amides is 1. The number of hydrogen-bond donors (Lipinski definition) is 1. The van der Waals surface area contributed by atoms with E-state index in [-0.39, 0.29) is 11.5 Å². The smallest absolute Gasteiger partial charge is 0.333 e. The van der Waals surface area contributed by atoms with Gasteiger partial charge in [0.05, 0.1) is 23.0 Å². The fraction of sp³-hybridized carbons (Fsp3) is 0.286. The van der Waals surface area contributed by atoms with Crippen LogP contribution in [0.25, 0.3) is 16.6 Å². The molecular weight excluding hydrogens is 342 g/mol. The van der Waals surface area contributed by atoms with Crippen LogP contribution in [-0.4, -0.2) is 34.0 Å². The van der Waals surface area contributed by atoms with Gasteiger partial charge < -0.3 is 9.88 Å². The van der Waals surface area contributed by atoms with E-state index in [0.29, 0.717) is 23.0 Å². The lowest BCUT2D eigenvalue weighted by molar-refractivity contribution is -0.129. The molecule has 6 nitrogen and oxygen atoms in total. The molecule has 0 saturated heterocycles. The van der Waals surface area contributed by atoms with Crippen LogP contribution in [0.4, 0.5) is 0 Å². The van der Waals surface area contributed by atoms with Crippen molar-refractivity contribution < 1.29 is 4.79 Å². The Bertz CT molecular complexity index is 1060. The number of aromatic amines is 1. The van der Waals surface area contributed by atoms with Gasteiger partial charge in [-0.2, -0.15) is 0 Å². The van der Waals surface area contributed by atoms with Crippen LogP contribution in [0.1, 0.15) is 25.3 Å². The van der Waals surface area contributed by atoms with Gasteiger partial charge in [-0.15, -0.1) is 0 Å². The topological polar surface area (TPSA) is 75.2 Å². The first kappa shape index (κ1) is 18.6. The molecule has 3 aromatic rings. The number of nitrogens with one attached hydrogen (secondary N) is 1. The van der Waals surface area contributed by atoms with E-state index in [9.17, 15) is 14.4 Å². The number of fused-ring (bicyclic) bond motifs is 1. The van der Waals surface area contributed by atoms with E-state index in [1.165, 1.54) is 0 Å². The predicted molar refractivity (Wildman–Crippen MR) is 106 cm³/mol. The number of benzene rings is 2. The van der Waals surface area contributed by atoms with Gasteiger partial charge in [-0.1, -0.05) is 37.6 Å². The molecule has 1 amide bonds. The predicted octanol–water partition coefficient (Wildman–Crippen LogP) is 2.48. The van der Waals surface area contributed by atoms with Crippen molar-refractivity contribution >= 4 is 16.8 Å². The summed E-state index contributed by atoms with van der Waals surface area (Å²) in [5.41, 5.74) is 0.986. The molecule has 1 aromatic heterocycles. The molecule has 0 bridgehead atoms. The number of aromatic nitrogens is 2. The van der Waals surface area contributed by atoms with Crippen molar-refractivity contribution in [2.45, 2.75) is 26.2 Å². The van der Waals surface area contributed by atoms with Crippen molar-refractivity contribution in [2.24, 2.45) is 0 Å². The first-order valence-corrected chi connectivity index (χ1v) is 9.08. The van der Waals surface area contributed by atoms with E-state index in [1.807, 2.05) is 0 Å². The molecule has 0 unspecified atom stereocenters. The second kappa shape index (κ2) is 8.03. The highest BCUT2D eigenvalue weighted by Gasteiger charge is 2.11. The van der Waals surface area contributed by atoms with Gasteiger partial charge in [0.15, 0.2) is 0 Å². The third-order valence-electron chi connectivity index (χ3n) is 4.63. The number of hydrogen-bond acceptors (Lipinski definition) is 3. The molecule has 0 radical (unpaired) electrons. The van der Waals surface area contributed by atoms with Crippen LogP contribution in [0.3, 0.4) is 0 Å². The van der Waals surface area contributed by atoms with Gasteiger partial charge in [0.25, 0.3) is 5.56 Å². The van der Waals surface area contributed by atoms with E-state index < -0.39 is 5.69 Å². The monoisotopic (exact) mass is 365 g/mol. The lowest BCUT2D eigenvalue weighted by Gasteiger charge is -2.16. The van der Waals surface area contributed by atoms with Crippen LogP contribution in [0.2, 0.25) is 0 Å². The summed E-state index contributed by atoms with van der Waals surface area (Å²) >= 11 is 0. The summed E-state index contributed by atoms with van der Waals surface area (Å²) in [6, 6.07) is 13.9. The highest BCUT2D eigenvalue weighted by molar-refractivity contribution is 5.79. The summed E-state index contributed by atoms with van der Waals surface area (Å²) in [6.45, 7) is 2.84. The Hall–Kier alpha value is -3.15. The molecule has 0 aliphatic carbocycles. The summed E-state index contributed by atoms with van der Waals surface area (Å²) in [5.74, 6) is 0.0527. The van der Waals surface area contributed by atoms with E-state index >= 15 is 0 Å². The third kappa shape index (κ3) is 4.00. The van der Waals surface area contributed by atoms with Crippen molar-refractivity contribution in [3.8, 4) is 5.69 Å². The number of carbonyl (C=O) groups excluding carboxylic acids is 1. The van der Waals surface area contributed by atoms with E-state index in [1.54, 1.807) is 60.5 Å². The molecular formula is C21H23N3O3. The Morgan fingerprint density at radius 3 is 2.48 bits per heavy atom. The molecule has 0 saturated carbocycles. The van der Waals surface area contributed by atoms with Crippen molar-refractivity contribution in [1.29, 1.82) is 0 Å². The number of unbranched alkanes of at least 4 members (excludes halogenated alkanes) is 1. The van der Waals surface area contributed by atoms with Gasteiger partial charge >= 0.3 is 5.69 Å². The zero-order valence-corrected chi connectivity index (χ0v) is 15.6. The van der Waals surface area contributed by atoms with Crippen molar-refractivity contribution in [3.05, 3.63) is 74.9 Å². The number of para-hydroxylation sites is 1. The third-order valence-corrected chi connectivity index (χ3v) is 4.63. The number of H-pyrrole nitrogens is 1. The van der Waals surface area contributed by atoms with Gasteiger partial charge in [0.1, 0.15) is 0 Å².